The number of likely N-dealkylation sites (tertiary alicyclic amines) is 1. The number of carbonyl (C=O) groups excluding carboxylic acids is 1. The lowest BCUT2D eigenvalue weighted by Gasteiger charge is -2.29. The summed E-state index contributed by atoms with van der Waals surface area (Å²) in [5.41, 5.74) is 1.80. The van der Waals surface area contributed by atoms with Crippen LogP contribution < -0.4 is 5.32 Å². The molecule has 0 unspecified atom stereocenters. The van der Waals surface area contributed by atoms with Crippen molar-refractivity contribution in [3.8, 4) is 0 Å². The molecule has 0 aromatic carbocycles. The Labute approximate surface area is 138 Å². The zero-order chi connectivity index (χ0) is 16.1. The highest BCUT2D eigenvalue weighted by Gasteiger charge is 2.18. The minimum absolute atomic E-state index is 0.140. The van der Waals surface area contributed by atoms with E-state index in [1.165, 1.54) is 19.4 Å². The number of nitrogens with one attached hydrogen (secondary N) is 1. The lowest BCUT2D eigenvalue weighted by molar-refractivity contribution is -0.121. The molecule has 1 aliphatic rings. The van der Waals surface area contributed by atoms with Crippen LogP contribution >= 0.6 is 11.6 Å². The number of hydrogen-bond donors (Lipinski definition) is 1. The number of rotatable bonds is 6. The molecule has 2 heterocycles. The lowest BCUT2D eigenvalue weighted by atomic mass is 9.93. The van der Waals surface area contributed by atoms with Gasteiger partial charge >= 0.3 is 0 Å². The van der Waals surface area contributed by atoms with Gasteiger partial charge in [-0.3, -0.25) is 9.48 Å². The van der Waals surface area contributed by atoms with E-state index in [-0.39, 0.29) is 5.91 Å². The summed E-state index contributed by atoms with van der Waals surface area (Å²) in [6.07, 6.45) is 4.11. The highest BCUT2D eigenvalue weighted by molar-refractivity contribution is 6.31. The van der Waals surface area contributed by atoms with E-state index in [1.807, 2.05) is 18.5 Å². The van der Waals surface area contributed by atoms with Crippen molar-refractivity contribution < 1.29 is 4.79 Å². The number of nitrogens with zero attached hydrogens (tertiary/aromatic N) is 3. The third-order valence-electron chi connectivity index (χ3n) is 4.44. The van der Waals surface area contributed by atoms with E-state index < -0.39 is 0 Å². The maximum atomic E-state index is 11.9. The van der Waals surface area contributed by atoms with Crippen molar-refractivity contribution in [2.75, 3.05) is 26.7 Å². The second-order valence-electron chi connectivity index (χ2n) is 6.37. The maximum Gasteiger partial charge on any atom is 0.220 e. The summed E-state index contributed by atoms with van der Waals surface area (Å²) < 4.78 is 1.86. The van der Waals surface area contributed by atoms with Crippen molar-refractivity contribution in [3.63, 3.8) is 0 Å². The van der Waals surface area contributed by atoms with E-state index in [4.69, 9.17) is 11.6 Å². The smallest absolute Gasteiger partial charge is 0.220 e. The standard InChI is InChI=1S/C16H27ClN4O/c1-12-16(17)13(2)21(19-12)10-8-18-15(22)7-6-14-5-4-9-20(3)11-14/h14H,4-11H2,1-3H3,(H,18,22)/t14-/m1/s1. The Balaban J connectivity index is 1.66. The van der Waals surface area contributed by atoms with Crippen LogP contribution in [0.5, 0.6) is 0 Å². The molecule has 1 atom stereocenters. The Bertz CT molecular complexity index is 514. The number of aryl methyl sites for hydroxylation is 1. The molecule has 0 radical (unpaired) electrons. The van der Waals surface area contributed by atoms with Gasteiger partial charge in [-0.05, 0) is 52.6 Å². The average Bonchev–Trinajstić information content (AvgIpc) is 2.73. The van der Waals surface area contributed by atoms with Crippen LogP contribution in [0.25, 0.3) is 0 Å². The van der Waals surface area contributed by atoms with Crippen LogP contribution in [0.1, 0.15) is 37.1 Å². The van der Waals surface area contributed by atoms with Gasteiger partial charge in [0.15, 0.2) is 0 Å². The van der Waals surface area contributed by atoms with E-state index in [1.54, 1.807) is 0 Å². The molecule has 5 nitrogen and oxygen atoms in total. The minimum Gasteiger partial charge on any atom is -0.354 e. The molecule has 1 aromatic heterocycles. The van der Waals surface area contributed by atoms with E-state index in [0.717, 1.165) is 24.4 Å². The van der Waals surface area contributed by atoms with Crippen LogP contribution in [0.15, 0.2) is 0 Å². The normalized spacial score (nSPS) is 19.4. The number of carbonyl (C=O) groups is 1. The fourth-order valence-corrected chi connectivity index (χ4v) is 3.26. The van der Waals surface area contributed by atoms with Crippen molar-refractivity contribution >= 4 is 17.5 Å². The molecule has 0 bridgehead atoms. The van der Waals surface area contributed by atoms with E-state index in [2.05, 4.69) is 22.4 Å². The third kappa shape index (κ3) is 4.71. The van der Waals surface area contributed by atoms with E-state index in [0.29, 0.717) is 30.5 Å². The molecule has 22 heavy (non-hydrogen) atoms. The topological polar surface area (TPSA) is 50.2 Å². The minimum atomic E-state index is 0.140. The quantitative estimate of drug-likeness (QED) is 0.873. The monoisotopic (exact) mass is 326 g/mol. The van der Waals surface area contributed by atoms with Crippen molar-refractivity contribution in [1.29, 1.82) is 0 Å². The molecular weight excluding hydrogens is 300 g/mol. The molecule has 124 valence electrons. The maximum absolute atomic E-state index is 11.9. The van der Waals surface area contributed by atoms with Gasteiger partial charge < -0.3 is 10.2 Å². The predicted molar refractivity (Wildman–Crippen MR) is 89.2 cm³/mol. The van der Waals surface area contributed by atoms with Gasteiger partial charge in [-0.15, -0.1) is 0 Å². The first kappa shape index (κ1) is 17.3. The fourth-order valence-electron chi connectivity index (χ4n) is 3.13. The van der Waals surface area contributed by atoms with Gasteiger partial charge in [0.05, 0.1) is 23.0 Å². The Morgan fingerprint density at radius 3 is 2.86 bits per heavy atom. The third-order valence-corrected chi connectivity index (χ3v) is 4.99. The summed E-state index contributed by atoms with van der Waals surface area (Å²) >= 11 is 6.11. The molecule has 1 N–H and O–H groups in total. The molecule has 1 amide bonds. The molecule has 0 saturated carbocycles. The van der Waals surface area contributed by atoms with Crippen LogP contribution in [-0.2, 0) is 11.3 Å². The first-order valence-corrected chi connectivity index (χ1v) is 8.50. The Hall–Kier alpha value is -1.07. The molecule has 6 heteroatoms. The summed E-state index contributed by atoms with van der Waals surface area (Å²) in [6, 6.07) is 0. The number of aromatic nitrogens is 2. The summed E-state index contributed by atoms with van der Waals surface area (Å²) in [6.45, 7) is 7.42. The van der Waals surface area contributed by atoms with Crippen LogP contribution in [0, 0.1) is 19.8 Å². The Kier molecular flexibility index (Phi) is 6.26. The number of amides is 1. The predicted octanol–water partition coefficient (Wildman–Crippen LogP) is 2.39. The summed E-state index contributed by atoms with van der Waals surface area (Å²) in [5.74, 6) is 0.806. The average molecular weight is 327 g/mol. The fraction of sp³-hybridized carbons (Fsp3) is 0.750. The van der Waals surface area contributed by atoms with Gasteiger partial charge in [0.1, 0.15) is 0 Å². The van der Waals surface area contributed by atoms with Gasteiger partial charge in [0, 0.05) is 19.5 Å². The van der Waals surface area contributed by atoms with Gasteiger partial charge in [-0.1, -0.05) is 11.6 Å². The second kappa shape index (κ2) is 7.97. The van der Waals surface area contributed by atoms with E-state index in [9.17, 15) is 4.79 Å². The highest BCUT2D eigenvalue weighted by Crippen LogP contribution is 2.20. The molecule has 1 fully saturated rings. The second-order valence-corrected chi connectivity index (χ2v) is 6.75. The molecule has 1 aromatic rings. The van der Waals surface area contributed by atoms with Crippen LogP contribution in [0.2, 0.25) is 5.02 Å². The lowest BCUT2D eigenvalue weighted by Crippen LogP contribution is -2.33. The zero-order valence-electron chi connectivity index (χ0n) is 13.9. The summed E-state index contributed by atoms with van der Waals surface area (Å²) in [5, 5.41) is 8.06. The molecule has 2 rings (SSSR count). The van der Waals surface area contributed by atoms with Crippen LogP contribution in [0.4, 0.5) is 0 Å². The zero-order valence-corrected chi connectivity index (χ0v) is 14.6. The molecular formula is C16H27ClN4O. The molecule has 0 aliphatic carbocycles. The molecule has 1 aliphatic heterocycles. The number of piperidine rings is 1. The molecule has 0 spiro atoms. The van der Waals surface area contributed by atoms with Crippen LogP contribution in [-0.4, -0.2) is 47.3 Å². The highest BCUT2D eigenvalue weighted by atomic mass is 35.5. The first-order valence-electron chi connectivity index (χ1n) is 8.12. The van der Waals surface area contributed by atoms with Crippen molar-refractivity contribution in [3.05, 3.63) is 16.4 Å². The largest absolute Gasteiger partial charge is 0.354 e. The van der Waals surface area contributed by atoms with Crippen molar-refractivity contribution in [2.24, 2.45) is 5.92 Å². The van der Waals surface area contributed by atoms with Gasteiger partial charge in [0.25, 0.3) is 0 Å². The summed E-state index contributed by atoms with van der Waals surface area (Å²) in [4.78, 5) is 14.3. The Morgan fingerprint density at radius 1 is 1.45 bits per heavy atom. The first-order chi connectivity index (χ1) is 10.5. The van der Waals surface area contributed by atoms with Gasteiger partial charge in [-0.25, -0.2) is 0 Å². The van der Waals surface area contributed by atoms with Crippen molar-refractivity contribution in [1.82, 2.24) is 20.0 Å². The van der Waals surface area contributed by atoms with E-state index >= 15 is 0 Å². The van der Waals surface area contributed by atoms with Crippen LogP contribution in [0.3, 0.4) is 0 Å². The molecule has 1 saturated heterocycles. The van der Waals surface area contributed by atoms with Crippen molar-refractivity contribution in [2.45, 2.75) is 46.1 Å². The Morgan fingerprint density at radius 2 is 2.23 bits per heavy atom. The van der Waals surface area contributed by atoms with Gasteiger partial charge in [0.2, 0.25) is 5.91 Å². The summed E-state index contributed by atoms with van der Waals surface area (Å²) in [7, 11) is 2.16. The SMILES string of the molecule is Cc1nn(CCNC(=O)CC[C@H]2CCCN(C)C2)c(C)c1Cl. The number of hydrogen-bond acceptors (Lipinski definition) is 3. The van der Waals surface area contributed by atoms with Gasteiger partial charge in [-0.2, -0.15) is 5.10 Å². The number of halogens is 1.